The Morgan fingerprint density at radius 3 is 2.70 bits per heavy atom. The molecule has 100 valence electrons. The van der Waals surface area contributed by atoms with Crippen LogP contribution in [-0.4, -0.2) is 26.0 Å². The molecule has 0 aliphatic rings. The number of fused-ring (bicyclic) bond motifs is 2. The monoisotopic (exact) mass is 291 g/mol. The molecule has 0 atom stereocenters. The number of nitrogens with zero attached hydrogens (tertiary/aromatic N) is 1. The smallest absolute Gasteiger partial charge is 0.337 e. The quantitative estimate of drug-likeness (QED) is 0.581. The number of aromatic carboxylic acids is 1. The zero-order valence-electron chi connectivity index (χ0n) is 9.73. The molecule has 0 amide bonds. The van der Waals surface area contributed by atoms with Crippen LogP contribution in [0.2, 0.25) is 5.02 Å². The van der Waals surface area contributed by atoms with E-state index in [1.54, 1.807) is 0 Å². The van der Waals surface area contributed by atoms with Gasteiger partial charge >= 0.3 is 11.7 Å². The van der Waals surface area contributed by atoms with Crippen molar-refractivity contribution in [2.24, 2.45) is 0 Å². The highest BCUT2D eigenvalue weighted by Crippen LogP contribution is 2.24. The summed E-state index contributed by atoms with van der Waals surface area (Å²) < 4.78 is 0. The third-order valence-electron chi connectivity index (χ3n) is 2.85. The first-order valence-electron chi connectivity index (χ1n) is 5.46. The lowest BCUT2D eigenvalue weighted by molar-refractivity contribution is 0.0701. The summed E-state index contributed by atoms with van der Waals surface area (Å²) in [7, 11) is 0. The van der Waals surface area contributed by atoms with Gasteiger partial charge in [-0.15, -0.1) is 0 Å². The number of aromatic amines is 2. The molecule has 20 heavy (non-hydrogen) atoms. The second-order valence-electron chi connectivity index (χ2n) is 4.09. The molecule has 8 heteroatoms. The van der Waals surface area contributed by atoms with Crippen LogP contribution in [0, 0.1) is 0 Å². The Bertz CT molecular complexity index is 990. The number of halogens is 1. The first-order valence-corrected chi connectivity index (χ1v) is 5.84. The molecule has 3 N–H and O–H groups in total. The van der Waals surface area contributed by atoms with E-state index in [2.05, 4.69) is 9.97 Å². The Morgan fingerprint density at radius 1 is 1.25 bits per heavy atom. The fraction of sp³-hybridized carbons (Fsp3) is 0. The summed E-state index contributed by atoms with van der Waals surface area (Å²) in [6.45, 7) is 0. The van der Waals surface area contributed by atoms with Gasteiger partial charge in [0.05, 0.1) is 16.5 Å². The number of carbonyl (C=O) groups is 1. The van der Waals surface area contributed by atoms with E-state index < -0.39 is 17.2 Å². The van der Waals surface area contributed by atoms with Crippen LogP contribution in [0.3, 0.4) is 0 Å². The highest BCUT2D eigenvalue weighted by atomic mass is 35.5. The molecule has 0 saturated heterocycles. The van der Waals surface area contributed by atoms with Crippen LogP contribution in [0.1, 0.15) is 10.4 Å². The van der Waals surface area contributed by atoms with Crippen LogP contribution in [0.25, 0.3) is 21.9 Å². The lowest BCUT2D eigenvalue weighted by Crippen LogP contribution is -2.24. The summed E-state index contributed by atoms with van der Waals surface area (Å²) in [5.41, 5.74) is -1.59. The molecule has 2 heterocycles. The normalized spacial score (nSPS) is 11.1. The number of rotatable bonds is 1. The minimum absolute atomic E-state index is 0.0917. The van der Waals surface area contributed by atoms with Crippen molar-refractivity contribution in [3.05, 3.63) is 49.6 Å². The first kappa shape index (κ1) is 12.4. The fourth-order valence-corrected chi connectivity index (χ4v) is 2.24. The van der Waals surface area contributed by atoms with Crippen LogP contribution >= 0.6 is 11.6 Å². The molecule has 7 nitrogen and oxygen atoms in total. The van der Waals surface area contributed by atoms with E-state index in [1.165, 1.54) is 18.2 Å². The van der Waals surface area contributed by atoms with E-state index in [0.29, 0.717) is 5.02 Å². The highest BCUT2D eigenvalue weighted by molar-refractivity contribution is 6.31. The molecule has 0 spiro atoms. The van der Waals surface area contributed by atoms with E-state index in [-0.39, 0.29) is 27.5 Å². The second-order valence-corrected chi connectivity index (χ2v) is 4.52. The molecule has 0 fully saturated rings. The van der Waals surface area contributed by atoms with Gasteiger partial charge in [-0.05, 0) is 12.1 Å². The van der Waals surface area contributed by atoms with Crippen molar-refractivity contribution in [2.45, 2.75) is 0 Å². The molecule has 3 aromatic rings. The van der Waals surface area contributed by atoms with Gasteiger partial charge in [-0.1, -0.05) is 17.7 Å². The Balaban J connectivity index is 2.69. The lowest BCUT2D eigenvalue weighted by atomic mass is 10.1. The minimum Gasteiger partial charge on any atom is -0.478 e. The highest BCUT2D eigenvalue weighted by Gasteiger charge is 2.18. The number of aromatic nitrogens is 3. The zero-order valence-corrected chi connectivity index (χ0v) is 10.5. The van der Waals surface area contributed by atoms with E-state index in [9.17, 15) is 19.5 Å². The van der Waals surface area contributed by atoms with Crippen LogP contribution in [0.5, 0.6) is 0 Å². The molecule has 0 aliphatic carbocycles. The van der Waals surface area contributed by atoms with Crippen molar-refractivity contribution in [3.63, 3.8) is 0 Å². The molecule has 0 aliphatic heterocycles. The zero-order chi connectivity index (χ0) is 14.4. The van der Waals surface area contributed by atoms with Crippen molar-refractivity contribution in [3.8, 4) is 0 Å². The largest absolute Gasteiger partial charge is 0.478 e. The van der Waals surface area contributed by atoms with Crippen molar-refractivity contribution in [2.75, 3.05) is 0 Å². The summed E-state index contributed by atoms with van der Waals surface area (Å²) in [4.78, 5) is 42.9. The minimum atomic E-state index is -1.29. The van der Waals surface area contributed by atoms with Crippen LogP contribution in [-0.2, 0) is 0 Å². The molecule has 0 unspecified atom stereocenters. The molecule has 2 aromatic heterocycles. The molecule has 0 bridgehead atoms. The third kappa shape index (κ3) is 1.76. The molecule has 0 saturated carbocycles. The van der Waals surface area contributed by atoms with Gasteiger partial charge < -0.3 is 5.11 Å². The number of benzene rings is 1. The Morgan fingerprint density at radius 2 is 2.00 bits per heavy atom. The summed E-state index contributed by atoms with van der Waals surface area (Å²) >= 11 is 5.84. The first-order chi connectivity index (χ1) is 9.47. The van der Waals surface area contributed by atoms with Crippen molar-refractivity contribution in [1.29, 1.82) is 0 Å². The maximum atomic E-state index is 11.8. The standard InChI is InChI=1S/C12H6ClN3O4/c13-4-1-2-5-6(3-4)14-9-8(7(5)11(18)19)10(17)16-12(20)15-9/h1-3H,(H,18,19)(H2,14,15,16,17,20). The van der Waals surface area contributed by atoms with Crippen LogP contribution in [0.4, 0.5) is 0 Å². The van der Waals surface area contributed by atoms with Crippen molar-refractivity contribution < 1.29 is 9.90 Å². The summed E-state index contributed by atoms with van der Waals surface area (Å²) in [6.07, 6.45) is 0. The number of nitrogens with one attached hydrogen (secondary N) is 2. The van der Waals surface area contributed by atoms with Gasteiger partial charge in [-0.25, -0.2) is 14.6 Å². The number of carboxylic acid groups (broad SMARTS) is 1. The van der Waals surface area contributed by atoms with Crippen molar-refractivity contribution in [1.82, 2.24) is 15.0 Å². The van der Waals surface area contributed by atoms with Gasteiger partial charge in [-0.3, -0.25) is 14.8 Å². The van der Waals surface area contributed by atoms with Gasteiger partial charge in [0.2, 0.25) is 0 Å². The maximum absolute atomic E-state index is 11.8. The summed E-state index contributed by atoms with van der Waals surface area (Å²) in [5, 5.41) is 9.80. The third-order valence-corrected chi connectivity index (χ3v) is 3.08. The Kier molecular flexibility index (Phi) is 2.58. The van der Waals surface area contributed by atoms with Gasteiger partial charge in [0, 0.05) is 10.4 Å². The Labute approximate surface area is 114 Å². The van der Waals surface area contributed by atoms with E-state index in [4.69, 9.17) is 11.6 Å². The average Bonchev–Trinajstić information content (AvgIpc) is 2.35. The van der Waals surface area contributed by atoms with Gasteiger partial charge in [0.25, 0.3) is 5.56 Å². The number of hydrogen-bond acceptors (Lipinski definition) is 4. The molecular formula is C12H6ClN3O4. The van der Waals surface area contributed by atoms with E-state index in [1.807, 2.05) is 4.98 Å². The van der Waals surface area contributed by atoms with E-state index >= 15 is 0 Å². The molecule has 1 aromatic carbocycles. The number of hydrogen-bond donors (Lipinski definition) is 3. The van der Waals surface area contributed by atoms with Crippen LogP contribution < -0.4 is 11.2 Å². The van der Waals surface area contributed by atoms with E-state index in [0.717, 1.165) is 0 Å². The molecule has 3 rings (SSSR count). The number of carboxylic acids is 1. The second kappa shape index (κ2) is 4.17. The predicted molar refractivity (Wildman–Crippen MR) is 72.5 cm³/mol. The van der Waals surface area contributed by atoms with Crippen molar-refractivity contribution >= 4 is 39.5 Å². The lowest BCUT2D eigenvalue weighted by Gasteiger charge is -2.06. The van der Waals surface area contributed by atoms with Gasteiger partial charge in [0.1, 0.15) is 5.65 Å². The predicted octanol–water partition coefficient (Wildman–Crippen LogP) is 1.12. The SMILES string of the molecule is O=C(O)c1c2ccc(Cl)cc2nc2[nH]c(=O)[nH]c(=O)c12. The average molecular weight is 292 g/mol. The number of H-pyrrole nitrogens is 2. The topological polar surface area (TPSA) is 116 Å². The fourth-order valence-electron chi connectivity index (χ4n) is 2.08. The van der Waals surface area contributed by atoms with Gasteiger partial charge in [0.15, 0.2) is 0 Å². The maximum Gasteiger partial charge on any atom is 0.337 e. The Hall–Kier alpha value is -2.67. The van der Waals surface area contributed by atoms with Crippen LogP contribution in [0.15, 0.2) is 27.8 Å². The summed E-state index contributed by atoms with van der Waals surface area (Å²) in [5.74, 6) is -1.29. The van der Waals surface area contributed by atoms with Gasteiger partial charge in [-0.2, -0.15) is 0 Å². The molecular weight excluding hydrogens is 286 g/mol. The molecule has 0 radical (unpaired) electrons. The number of pyridine rings is 1. The summed E-state index contributed by atoms with van der Waals surface area (Å²) in [6, 6.07) is 4.43.